The number of fused-ring (bicyclic) bond motifs is 1. The van der Waals surface area contributed by atoms with Gasteiger partial charge in [-0.15, -0.1) is 0 Å². The van der Waals surface area contributed by atoms with Crippen molar-refractivity contribution in [3.63, 3.8) is 0 Å². The Morgan fingerprint density at radius 2 is 1.79 bits per heavy atom. The van der Waals surface area contributed by atoms with Crippen molar-refractivity contribution in [2.24, 2.45) is 0 Å². The Morgan fingerprint density at radius 1 is 1.05 bits per heavy atom. The van der Waals surface area contributed by atoms with Gasteiger partial charge in [0.1, 0.15) is 0 Å². The molecule has 1 aromatic rings. The molecule has 2 nitrogen and oxygen atoms in total. The Bertz CT molecular complexity index is 574. The minimum atomic E-state index is -3.03. The van der Waals surface area contributed by atoms with Crippen LogP contribution in [0.25, 0.3) is 0 Å². The molecule has 1 fully saturated rings. The van der Waals surface area contributed by atoms with Crippen molar-refractivity contribution in [2.75, 3.05) is 0 Å². The van der Waals surface area contributed by atoms with Crippen LogP contribution >= 0.6 is 11.6 Å². The standard InChI is InChI=1S/C15H19ClO2S/c16-12-7-8-14-11(10-12)6-9-15(14)19(17,18)13-4-2-1-3-5-13/h7-8,10,13,15H,1-6,9H2. The van der Waals surface area contributed by atoms with E-state index < -0.39 is 9.84 Å². The fraction of sp³-hybridized carbons (Fsp3) is 0.600. The summed E-state index contributed by atoms with van der Waals surface area (Å²) in [5.74, 6) is 0. The van der Waals surface area contributed by atoms with E-state index in [1.807, 2.05) is 18.2 Å². The molecule has 0 spiro atoms. The van der Waals surface area contributed by atoms with Crippen LogP contribution in [0.2, 0.25) is 5.02 Å². The number of aryl methyl sites for hydroxylation is 1. The summed E-state index contributed by atoms with van der Waals surface area (Å²) < 4.78 is 25.6. The van der Waals surface area contributed by atoms with Gasteiger partial charge in [0, 0.05) is 5.02 Å². The van der Waals surface area contributed by atoms with Crippen molar-refractivity contribution < 1.29 is 8.42 Å². The molecule has 1 unspecified atom stereocenters. The molecule has 2 aliphatic rings. The number of hydrogen-bond donors (Lipinski definition) is 0. The second-order valence-electron chi connectivity index (χ2n) is 5.72. The third kappa shape index (κ3) is 2.43. The first-order chi connectivity index (χ1) is 9.09. The lowest BCUT2D eigenvalue weighted by atomic mass is 10.0. The molecule has 4 heteroatoms. The molecule has 0 amide bonds. The third-order valence-corrected chi connectivity index (χ3v) is 7.46. The fourth-order valence-electron chi connectivity index (χ4n) is 3.51. The minimum Gasteiger partial charge on any atom is -0.228 e. The smallest absolute Gasteiger partial charge is 0.160 e. The zero-order valence-electron chi connectivity index (χ0n) is 10.9. The van der Waals surface area contributed by atoms with Crippen LogP contribution in [0, 0.1) is 0 Å². The molecule has 0 bridgehead atoms. The maximum absolute atomic E-state index is 12.8. The predicted octanol–water partition coefficient (Wildman–Crippen LogP) is 4.07. The quantitative estimate of drug-likeness (QED) is 0.824. The molecular weight excluding hydrogens is 280 g/mol. The molecule has 104 valence electrons. The summed E-state index contributed by atoms with van der Waals surface area (Å²) in [7, 11) is -3.03. The van der Waals surface area contributed by atoms with E-state index >= 15 is 0 Å². The highest BCUT2D eigenvalue weighted by Crippen LogP contribution is 2.42. The van der Waals surface area contributed by atoms with Crippen LogP contribution in [0.15, 0.2) is 18.2 Å². The van der Waals surface area contributed by atoms with E-state index in [-0.39, 0.29) is 10.5 Å². The van der Waals surface area contributed by atoms with E-state index in [9.17, 15) is 8.42 Å². The monoisotopic (exact) mass is 298 g/mol. The normalized spacial score (nSPS) is 24.4. The first kappa shape index (κ1) is 13.4. The lowest BCUT2D eigenvalue weighted by molar-refractivity contribution is 0.477. The molecule has 0 radical (unpaired) electrons. The molecule has 1 aromatic carbocycles. The first-order valence-electron chi connectivity index (χ1n) is 7.10. The Labute approximate surface area is 120 Å². The van der Waals surface area contributed by atoms with Crippen LogP contribution in [0.4, 0.5) is 0 Å². The number of sulfone groups is 1. The zero-order chi connectivity index (χ0) is 13.5. The number of hydrogen-bond acceptors (Lipinski definition) is 2. The van der Waals surface area contributed by atoms with Gasteiger partial charge in [0.15, 0.2) is 9.84 Å². The maximum Gasteiger partial charge on any atom is 0.160 e. The van der Waals surface area contributed by atoms with E-state index in [0.29, 0.717) is 5.02 Å². The summed E-state index contributed by atoms with van der Waals surface area (Å²) in [5, 5.41) is 0.296. The van der Waals surface area contributed by atoms with Gasteiger partial charge in [-0.3, -0.25) is 0 Å². The topological polar surface area (TPSA) is 34.1 Å². The van der Waals surface area contributed by atoms with Crippen LogP contribution < -0.4 is 0 Å². The van der Waals surface area contributed by atoms with Crippen LogP contribution in [-0.2, 0) is 16.3 Å². The van der Waals surface area contributed by atoms with Crippen molar-refractivity contribution in [3.8, 4) is 0 Å². The summed E-state index contributed by atoms with van der Waals surface area (Å²) in [6, 6.07) is 5.65. The molecule has 0 aliphatic heterocycles. The second-order valence-corrected chi connectivity index (χ2v) is 8.57. The highest BCUT2D eigenvalue weighted by atomic mass is 35.5. The average Bonchev–Trinajstić information content (AvgIpc) is 2.83. The Kier molecular flexibility index (Phi) is 3.61. The fourth-order valence-corrected chi connectivity index (χ4v) is 6.19. The SMILES string of the molecule is O=S(=O)(C1CCCCC1)C1CCc2cc(Cl)ccc21. The average molecular weight is 299 g/mol. The third-order valence-electron chi connectivity index (χ3n) is 4.54. The minimum absolute atomic E-state index is 0.118. The molecule has 19 heavy (non-hydrogen) atoms. The van der Waals surface area contributed by atoms with Gasteiger partial charge in [-0.2, -0.15) is 0 Å². The summed E-state index contributed by atoms with van der Waals surface area (Å²) in [5.41, 5.74) is 2.12. The lowest BCUT2D eigenvalue weighted by Crippen LogP contribution is -2.28. The van der Waals surface area contributed by atoms with E-state index in [1.165, 1.54) is 6.42 Å². The number of halogens is 1. The molecule has 1 saturated carbocycles. The first-order valence-corrected chi connectivity index (χ1v) is 9.09. The second kappa shape index (κ2) is 5.10. The highest BCUT2D eigenvalue weighted by molar-refractivity contribution is 7.92. The van der Waals surface area contributed by atoms with Gasteiger partial charge in [-0.25, -0.2) is 8.42 Å². The zero-order valence-corrected chi connectivity index (χ0v) is 12.5. The summed E-state index contributed by atoms with van der Waals surface area (Å²) >= 11 is 5.98. The van der Waals surface area contributed by atoms with E-state index in [0.717, 1.165) is 49.7 Å². The summed E-state index contributed by atoms with van der Waals surface area (Å²) in [6.07, 6.45) is 6.57. The van der Waals surface area contributed by atoms with E-state index in [1.54, 1.807) is 0 Å². The largest absolute Gasteiger partial charge is 0.228 e. The van der Waals surface area contributed by atoms with Crippen molar-refractivity contribution in [3.05, 3.63) is 34.3 Å². The molecule has 1 atom stereocenters. The Morgan fingerprint density at radius 3 is 2.53 bits per heavy atom. The van der Waals surface area contributed by atoms with Gasteiger partial charge in [0.2, 0.25) is 0 Å². The molecular formula is C15H19ClO2S. The van der Waals surface area contributed by atoms with Gasteiger partial charge in [0.25, 0.3) is 0 Å². The van der Waals surface area contributed by atoms with Crippen LogP contribution in [-0.4, -0.2) is 13.7 Å². The van der Waals surface area contributed by atoms with Gasteiger partial charge in [-0.1, -0.05) is 36.9 Å². The van der Waals surface area contributed by atoms with E-state index in [4.69, 9.17) is 11.6 Å². The summed E-state index contributed by atoms with van der Waals surface area (Å²) in [4.78, 5) is 0. The van der Waals surface area contributed by atoms with E-state index in [2.05, 4.69) is 0 Å². The molecule has 0 saturated heterocycles. The van der Waals surface area contributed by atoms with Crippen molar-refractivity contribution >= 4 is 21.4 Å². The van der Waals surface area contributed by atoms with Crippen molar-refractivity contribution in [2.45, 2.75) is 55.4 Å². The molecule has 0 aromatic heterocycles. The molecule has 0 N–H and O–H groups in total. The predicted molar refractivity (Wildman–Crippen MR) is 78.3 cm³/mol. The van der Waals surface area contributed by atoms with Gasteiger partial charge < -0.3 is 0 Å². The van der Waals surface area contributed by atoms with Gasteiger partial charge in [0.05, 0.1) is 10.5 Å². The van der Waals surface area contributed by atoms with Gasteiger partial charge >= 0.3 is 0 Å². The van der Waals surface area contributed by atoms with Gasteiger partial charge in [-0.05, 0) is 48.9 Å². The Hall–Kier alpha value is -0.540. The highest BCUT2D eigenvalue weighted by Gasteiger charge is 2.39. The van der Waals surface area contributed by atoms with Crippen molar-refractivity contribution in [1.29, 1.82) is 0 Å². The number of rotatable bonds is 2. The maximum atomic E-state index is 12.8. The number of benzene rings is 1. The van der Waals surface area contributed by atoms with Crippen LogP contribution in [0.1, 0.15) is 54.9 Å². The Balaban J connectivity index is 1.92. The van der Waals surface area contributed by atoms with Crippen LogP contribution in [0.3, 0.4) is 0 Å². The van der Waals surface area contributed by atoms with Crippen LogP contribution in [0.5, 0.6) is 0 Å². The summed E-state index contributed by atoms with van der Waals surface area (Å²) in [6.45, 7) is 0. The molecule has 3 rings (SSSR count). The molecule has 2 aliphatic carbocycles. The van der Waals surface area contributed by atoms with Crippen molar-refractivity contribution in [1.82, 2.24) is 0 Å². The molecule has 0 heterocycles. The lowest BCUT2D eigenvalue weighted by Gasteiger charge is -2.25.